The molecular formula is C19H24N2O4S. The zero-order chi connectivity index (χ0) is 18.5. The summed E-state index contributed by atoms with van der Waals surface area (Å²) in [6.07, 6.45) is 2.38. The second-order valence-electron chi connectivity index (χ2n) is 6.68. The molecule has 2 aliphatic heterocycles. The predicted octanol–water partition coefficient (Wildman–Crippen LogP) is 2.17. The first kappa shape index (κ1) is 18.8. The standard InChI is InChI=1S/C19H24N2O4S/c1-25-15-2-4-16(5-3-15)26-13-14-8-10-20(11-9-14)19(24)12-21-17(22)6-7-18(21)23/h2-5,14H,6-13H2,1H3. The molecule has 3 rings (SSSR count). The number of likely N-dealkylation sites (tertiary alicyclic amines) is 2. The Labute approximate surface area is 157 Å². The number of imide groups is 1. The van der Waals surface area contributed by atoms with Gasteiger partial charge in [-0.05, 0) is 43.0 Å². The highest BCUT2D eigenvalue weighted by molar-refractivity contribution is 7.99. The van der Waals surface area contributed by atoms with Gasteiger partial charge < -0.3 is 9.64 Å². The fourth-order valence-corrected chi connectivity index (χ4v) is 4.36. The van der Waals surface area contributed by atoms with E-state index in [9.17, 15) is 14.4 Å². The number of carbonyl (C=O) groups excluding carboxylic acids is 3. The molecule has 2 fully saturated rings. The molecule has 0 N–H and O–H groups in total. The van der Waals surface area contributed by atoms with Crippen molar-refractivity contribution in [3.63, 3.8) is 0 Å². The number of hydrogen-bond acceptors (Lipinski definition) is 5. The van der Waals surface area contributed by atoms with E-state index in [4.69, 9.17) is 4.74 Å². The van der Waals surface area contributed by atoms with E-state index in [2.05, 4.69) is 12.1 Å². The molecule has 7 heteroatoms. The minimum atomic E-state index is -0.228. The van der Waals surface area contributed by atoms with Crippen molar-refractivity contribution in [3.8, 4) is 5.75 Å². The lowest BCUT2D eigenvalue weighted by Crippen LogP contribution is -2.45. The molecule has 26 heavy (non-hydrogen) atoms. The van der Waals surface area contributed by atoms with E-state index < -0.39 is 0 Å². The molecule has 0 unspecified atom stereocenters. The highest BCUT2D eigenvalue weighted by atomic mass is 32.2. The van der Waals surface area contributed by atoms with Gasteiger partial charge in [-0.25, -0.2) is 0 Å². The maximum Gasteiger partial charge on any atom is 0.242 e. The Bertz CT molecular complexity index is 653. The molecule has 0 spiro atoms. The largest absolute Gasteiger partial charge is 0.497 e. The van der Waals surface area contributed by atoms with Gasteiger partial charge in [-0.2, -0.15) is 0 Å². The number of piperidine rings is 1. The molecule has 1 aromatic carbocycles. The Hall–Kier alpha value is -2.02. The van der Waals surface area contributed by atoms with Crippen molar-refractivity contribution in [2.45, 2.75) is 30.6 Å². The lowest BCUT2D eigenvalue weighted by atomic mass is 9.99. The number of ether oxygens (including phenoxy) is 1. The quantitative estimate of drug-likeness (QED) is 0.562. The van der Waals surface area contributed by atoms with E-state index in [0.717, 1.165) is 29.2 Å². The normalized spacial score (nSPS) is 18.5. The average molecular weight is 376 g/mol. The van der Waals surface area contributed by atoms with Crippen LogP contribution in [0.15, 0.2) is 29.2 Å². The molecule has 6 nitrogen and oxygen atoms in total. The topological polar surface area (TPSA) is 66.9 Å². The molecule has 2 aliphatic rings. The number of rotatable bonds is 6. The Balaban J connectivity index is 1.41. The van der Waals surface area contributed by atoms with Gasteiger partial charge in [0, 0.05) is 36.6 Å². The summed E-state index contributed by atoms with van der Waals surface area (Å²) in [4.78, 5) is 39.7. The number of methoxy groups -OCH3 is 1. The third kappa shape index (κ3) is 4.58. The number of amides is 3. The van der Waals surface area contributed by atoms with Crippen molar-refractivity contribution in [2.75, 3.05) is 32.5 Å². The molecule has 2 saturated heterocycles. The van der Waals surface area contributed by atoms with E-state index >= 15 is 0 Å². The molecule has 140 valence electrons. The molecule has 0 saturated carbocycles. The molecule has 1 aromatic rings. The monoisotopic (exact) mass is 376 g/mol. The van der Waals surface area contributed by atoms with Gasteiger partial charge in [0.05, 0.1) is 7.11 Å². The van der Waals surface area contributed by atoms with Crippen LogP contribution < -0.4 is 4.74 Å². The van der Waals surface area contributed by atoms with Crippen LogP contribution in [0.2, 0.25) is 0 Å². The molecule has 0 bridgehead atoms. The van der Waals surface area contributed by atoms with Crippen LogP contribution >= 0.6 is 11.8 Å². The van der Waals surface area contributed by atoms with Crippen molar-refractivity contribution >= 4 is 29.5 Å². The van der Waals surface area contributed by atoms with Crippen LogP contribution in [0.25, 0.3) is 0 Å². The summed E-state index contributed by atoms with van der Waals surface area (Å²) in [6, 6.07) is 8.05. The molecule has 2 heterocycles. The van der Waals surface area contributed by atoms with Crippen molar-refractivity contribution < 1.29 is 19.1 Å². The van der Waals surface area contributed by atoms with Crippen LogP contribution in [-0.2, 0) is 14.4 Å². The molecule has 0 atom stereocenters. The first-order chi connectivity index (χ1) is 12.6. The van der Waals surface area contributed by atoms with Gasteiger partial charge in [0.25, 0.3) is 0 Å². The number of thioether (sulfide) groups is 1. The van der Waals surface area contributed by atoms with E-state index in [-0.39, 0.29) is 37.1 Å². The maximum absolute atomic E-state index is 12.4. The summed E-state index contributed by atoms with van der Waals surface area (Å²) in [5.41, 5.74) is 0. The Kier molecular flexibility index (Phi) is 6.19. The van der Waals surface area contributed by atoms with Gasteiger partial charge in [-0.3, -0.25) is 19.3 Å². The van der Waals surface area contributed by atoms with Crippen molar-refractivity contribution in [1.82, 2.24) is 9.80 Å². The fourth-order valence-electron chi connectivity index (χ4n) is 3.27. The van der Waals surface area contributed by atoms with Crippen LogP contribution in [0.4, 0.5) is 0 Å². The number of hydrogen-bond donors (Lipinski definition) is 0. The van der Waals surface area contributed by atoms with Gasteiger partial charge in [0.1, 0.15) is 12.3 Å². The van der Waals surface area contributed by atoms with E-state index in [1.807, 2.05) is 23.9 Å². The third-order valence-electron chi connectivity index (χ3n) is 4.96. The average Bonchev–Trinajstić information content (AvgIpc) is 2.99. The highest BCUT2D eigenvalue weighted by Gasteiger charge is 2.32. The lowest BCUT2D eigenvalue weighted by molar-refractivity contribution is -0.146. The second kappa shape index (κ2) is 8.58. The second-order valence-corrected chi connectivity index (χ2v) is 7.78. The minimum absolute atomic E-state index is 0.0943. The molecule has 0 radical (unpaired) electrons. The zero-order valence-electron chi connectivity index (χ0n) is 15.0. The third-order valence-corrected chi connectivity index (χ3v) is 6.20. The summed E-state index contributed by atoms with van der Waals surface area (Å²) >= 11 is 1.83. The van der Waals surface area contributed by atoms with Crippen LogP contribution in [0, 0.1) is 5.92 Å². The fraction of sp³-hybridized carbons (Fsp3) is 0.526. The van der Waals surface area contributed by atoms with Crippen LogP contribution in [0.5, 0.6) is 5.75 Å². The van der Waals surface area contributed by atoms with E-state index in [0.29, 0.717) is 19.0 Å². The molecule has 0 aliphatic carbocycles. The summed E-state index contributed by atoms with van der Waals surface area (Å²) in [5, 5.41) is 0. The number of nitrogens with zero attached hydrogens (tertiary/aromatic N) is 2. The number of benzene rings is 1. The molecule has 3 amide bonds. The van der Waals surface area contributed by atoms with Crippen LogP contribution in [0.3, 0.4) is 0 Å². The maximum atomic E-state index is 12.4. The van der Waals surface area contributed by atoms with Crippen molar-refractivity contribution in [2.24, 2.45) is 5.92 Å². The number of carbonyl (C=O) groups is 3. The SMILES string of the molecule is COc1ccc(SCC2CCN(C(=O)CN3C(=O)CCC3=O)CC2)cc1. The summed E-state index contributed by atoms with van der Waals surface area (Å²) < 4.78 is 5.17. The summed E-state index contributed by atoms with van der Waals surface area (Å²) in [5.74, 6) is 1.88. The van der Waals surface area contributed by atoms with Gasteiger partial charge in [-0.1, -0.05) is 0 Å². The van der Waals surface area contributed by atoms with Gasteiger partial charge in [0.2, 0.25) is 17.7 Å². The van der Waals surface area contributed by atoms with Crippen molar-refractivity contribution in [1.29, 1.82) is 0 Å². The van der Waals surface area contributed by atoms with Crippen molar-refractivity contribution in [3.05, 3.63) is 24.3 Å². The highest BCUT2D eigenvalue weighted by Crippen LogP contribution is 2.28. The molecular weight excluding hydrogens is 352 g/mol. The Morgan fingerprint density at radius 2 is 1.73 bits per heavy atom. The van der Waals surface area contributed by atoms with Gasteiger partial charge in [0.15, 0.2) is 0 Å². The Morgan fingerprint density at radius 1 is 1.12 bits per heavy atom. The summed E-state index contributed by atoms with van der Waals surface area (Å²) in [7, 11) is 1.66. The van der Waals surface area contributed by atoms with E-state index in [1.54, 1.807) is 12.0 Å². The first-order valence-electron chi connectivity index (χ1n) is 8.94. The zero-order valence-corrected chi connectivity index (χ0v) is 15.8. The van der Waals surface area contributed by atoms with Crippen LogP contribution in [0.1, 0.15) is 25.7 Å². The van der Waals surface area contributed by atoms with Crippen LogP contribution in [-0.4, -0.2) is 60.0 Å². The Morgan fingerprint density at radius 3 is 2.31 bits per heavy atom. The first-order valence-corrected chi connectivity index (χ1v) is 9.93. The summed E-state index contributed by atoms with van der Waals surface area (Å²) in [6.45, 7) is 1.30. The van der Waals surface area contributed by atoms with E-state index in [1.165, 1.54) is 4.90 Å². The molecule has 0 aromatic heterocycles. The minimum Gasteiger partial charge on any atom is -0.497 e. The smallest absolute Gasteiger partial charge is 0.242 e. The predicted molar refractivity (Wildman–Crippen MR) is 99.0 cm³/mol. The lowest BCUT2D eigenvalue weighted by Gasteiger charge is -2.32. The van der Waals surface area contributed by atoms with Gasteiger partial charge in [-0.15, -0.1) is 11.8 Å². The van der Waals surface area contributed by atoms with Gasteiger partial charge >= 0.3 is 0 Å².